The van der Waals surface area contributed by atoms with Crippen LogP contribution in [0.2, 0.25) is 0 Å². The van der Waals surface area contributed by atoms with Crippen LogP contribution >= 0.6 is 0 Å². The Morgan fingerprint density at radius 1 is 0.941 bits per heavy atom. The second-order valence-corrected chi connectivity index (χ2v) is 4.29. The summed E-state index contributed by atoms with van der Waals surface area (Å²) in [6.45, 7) is 3.98. The van der Waals surface area contributed by atoms with E-state index in [1.807, 2.05) is 50.2 Å². The Labute approximate surface area is 102 Å². The highest BCUT2D eigenvalue weighted by molar-refractivity contribution is 5.70. The van der Waals surface area contributed by atoms with Crippen LogP contribution in [0, 0.1) is 0 Å². The van der Waals surface area contributed by atoms with Gasteiger partial charge in [0.15, 0.2) is 0 Å². The zero-order valence-corrected chi connectivity index (χ0v) is 10.2. The minimum Gasteiger partial charge on any atom is -0.489 e. The molecule has 0 aliphatic rings. The van der Waals surface area contributed by atoms with Crippen LogP contribution in [0.1, 0.15) is 13.8 Å². The molecule has 2 heteroatoms. The van der Waals surface area contributed by atoms with Crippen LogP contribution in [0.4, 0.5) is 5.69 Å². The van der Waals surface area contributed by atoms with Gasteiger partial charge in [-0.25, -0.2) is 0 Å². The second-order valence-electron chi connectivity index (χ2n) is 4.29. The van der Waals surface area contributed by atoms with Gasteiger partial charge in [0.1, 0.15) is 5.75 Å². The quantitative estimate of drug-likeness (QED) is 0.811. The molecule has 0 aromatic heterocycles. The maximum absolute atomic E-state index is 5.98. The summed E-state index contributed by atoms with van der Waals surface area (Å²) in [7, 11) is 0. The smallest absolute Gasteiger partial charge is 0.142 e. The summed E-state index contributed by atoms with van der Waals surface area (Å²) < 4.78 is 5.61. The Morgan fingerprint density at radius 3 is 2.24 bits per heavy atom. The van der Waals surface area contributed by atoms with E-state index in [4.69, 9.17) is 10.5 Å². The molecule has 2 N–H and O–H groups in total. The van der Waals surface area contributed by atoms with Gasteiger partial charge < -0.3 is 10.5 Å². The van der Waals surface area contributed by atoms with Gasteiger partial charge in [-0.2, -0.15) is 0 Å². The molecule has 0 heterocycles. The molecular formula is C15H17NO. The highest BCUT2D eigenvalue weighted by atomic mass is 16.5. The van der Waals surface area contributed by atoms with Gasteiger partial charge >= 0.3 is 0 Å². The molecule has 2 rings (SSSR count). The molecule has 2 aromatic carbocycles. The van der Waals surface area contributed by atoms with Crippen molar-refractivity contribution >= 4 is 5.69 Å². The lowest BCUT2D eigenvalue weighted by molar-refractivity contribution is 0.244. The minimum absolute atomic E-state index is 0.139. The van der Waals surface area contributed by atoms with Crippen molar-refractivity contribution in [1.82, 2.24) is 0 Å². The lowest BCUT2D eigenvalue weighted by Gasteiger charge is -2.13. The molecule has 0 atom stereocenters. The summed E-state index contributed by atoms with van der Waals surface area (Å²) in [4.78, 5) is 0. The van der Waals surface area contributed by atoms with Crippen molar-refractivity contribution in [2.75, 3.05) is 5.73 Å². The number of hydrogen-bond donors (Lipinski definition) is 1. The summed E-state index contributed by atoms with van der Waals surface area (Å²) in [5.41, 5.74) is 8.94. The van der Waals surface area contributed by atoms with Crippen LogP contribution in [0.15, 0.2) is 48.5 Å². The van der Waals surface area contributed by atoms with E-state index in [1.54, 1.807) is 0 Å². The SMILES string of the molecule is CC(C)Oc1ccc(-c2ccccc2)cc1N. The number of anilines is 1. The summed E-state index contributed by atoms with van der Waals surface area (Å²) in [6, 6.07) is 16.1. The molecule has 0 bridgehead atoms. The van der Waals surface area contributed by atoms with E-state index >= 15 is 0 Å². The molecule has 0 fully saturated rings. The lowest BCUT2D eigenvalue weighted by Crippen LogP contribution is -2.07. The van der Waals surface area contributed by atoms with Gasteiger partial charge in [-0.15, -0.1) is 0 Å². The maximum Gasteiger partial charge on any atom is 0.142 e. The molecule has 0 spiro atoms. The van der Waals surface area contributed by atoms with Crippen molar-refractivity contribution in [3.63, 3.8) is 0 Å². The first-order chi connectivity index (χ1) is 8.16. The monoisotopic (exact) mass is 227 g/mol. The number of nitrogen functional groups attached to an aromatic ring is 1. The molecule has 0 amide bonds. The van der Waals surface area contributed by atoms with Crippen molar-refractivity contribution in [2.45, 2.75) is 20.0 Å². The highest BCUT2D eigenvalue weighted by Crippen LogP contribution is 2.28. The van der Waals surface area contributed by atoms with Gasteiger partial charge in [-0.05, 0) is 37.1 Å². The van der Waals surface area contributed by atoms with E-state index in [9.17, 15) is 0 Å². The van der Waals surface area contributed by atoms with Crippen molar-refractivity contribution in [1.29, 1.82) is 0 Å². The van der Waals surface area contributed by atoms with Crippen LogP contribution in [0.25, 0.3) is 11.1 Å². The van der Waals surface area contributed by atoms with Crippen molar-refractivity contribution in [3.05, 3.63) is 48.5 Å². The van der Waals surface area contributed by atoms with Crippen LogP contribution in [-0.2, 0) is 0 Å². The van der Waals surface area contributed by atoms with E-state index < -0.39 is 0 Å². The Hall–Kier alpha value is -1.96. The zero-order valence-electron chi connectivity index (χ0n) is 10.2. The fraction of sp³-hybridized carbons (Fsp3) is 0.200. The third-order valence-corrected chi connectivity index (χ3v) is 2.48. The van der Waals surface area contributed by atoms with Crippen molar-refractivity contribution in [3.8, 4) is 16.9 Å². The molecule has 0 aliphatic heterocycles. The summed E-state index contributed by atoms with van der Waals surface area (Å²) in [6.07, 6.45) is 0.139. The summed E-state index contributed by atoms with van der Waals surface area (Å²) in [5.74, 6) is 0.750. The number of nitrogens with two attached hydrogens (primary N) is 1. The van der Waals surface area contributed by atoms with Crippen molar-refractivity contribution in [2.24, 2.45) is 0 Å². The molecule has 0 aliphatic carbocycles. The largest absolute Gasteiger partial charge is 0.489 e. The topological polar surface area (TPSA) is 35.2 Å². The van der Waals surface area contributed by atoms with Crippen LogP contribution < -0.4 is 10.5 Å². The standard InChI is InChI=1S/C15H17NO/c1-11(2)17-15-9-8-13(10-14(15)16)12-6-4-3-5-7-12/h3-11H,16H2,1-2H3. The Balaban J connectivity index is 2.31. The predicted octanol–water partition coefficient (Wildman–Crippen LogP) is 3.72. The third kappa shape index (κ3) is 2.78. The molecule has 2 aromatic rings. The van der Waals surface area contributed by atoms with Gasteiger partial charge in [0.2, 0.25) is 0 Å². The second kappa shape index (κ2) is 4.91. The first-order valence-electron chi connectivity index (χ1n) is 5.78. The normalized spacial score (nSPS) is 10.5. The van der Waals surface area contributed by atoms with Crippen molar-refractivity contribution < 1.29 is 4.74 Å². The Morgan fingerprint density at radius 2 is 1.65 bits per heavy atom. The van der Waals surface area contributed by atoms with E-state index in [0.29, 0.717) is 5.69 Å². The van der Waals surface area contributed by atoms with Crippen LogP contribution in [0.3, 0.4) is 0 Å². The van der Waals surface area contributed by atoms with E-state index in [1.165, 1.54) is 0 Å². The van der Waals surface area contributed by atoms with Gasteiger partial charge in [-0.1, -0.05) is 36.4 Å². The molecule has 0 unspecified atom stereocenters. The molecule has 0 saturated heterocycles. The molecular weight excluding hydrogens is 210 g/mol. The number of hydrogen-bond acceptors (Lipinski definition) is 2. The van der Waals surface area contributed by atoms with Gasteiger partial charge in [0.05, 0.1) is 11.8 Å². The van der Waals surface area contributed by atoms with Crippen LogP contribution in [0.5, 0.6) is 5.75 Å². The fourth-order valence-electron chi connectivity index (χ4n) is 1.72. The molecule has 2 nitrogen and oxygen atoms in total. The Kier molecular flexibility index (Phi) is 3.33. The average Bonchev–Trinajstić information content (AvgIpc) is 2.32. The zero-order chi connectivity index (χ0) is 12.3. The first kappa shape index (κ1) is 11.5. The maximum atomic E-state index is 5.98. The first-order valence-corrected chi connectivity index (χ1v) is 5.78. The lowest BCUT2D eigenvalue weighted by atomic mass is 10.1. The van der Waals surface area contributed by atoms with E-state index in [2.05, 4.69) is 12.1 Å². The molecule has 17 heavy (non-hydrogen) atoms. The van der Waals surface area contributed by atoms with E-state index in [-0.39, 0.29) is 6.10 Å². The molecule has 88 valence electrons. The number of rotatable bonds is 3. The molecule has 0 radical (unpaired) electrons. The number of ether oxygens (including phenoxy) is 1. The number of benzene rings is 2. The van der Waals surface area contributed by atoms with Crippen LogP contribution in [-0.4, -0.2) is 6.10 Å². The van der Waals surface area contributed by atoms with E-state index in [0.717, 1.165) is 16.9 Å². The summed E-state index contributed by atoms with van der Waals surface area (Å²) >= 11 is 0. The Bertz CT molecular complexity index is 492. The predicted molar refractivity (Wildman–Crippen MR) is 72.1 cm³/mol. The van der Waals surface area contributed by atoms with Gasteiger partial charge in [-0.3, -0.25) is 0 Å². The fourth-order valence-corrected chi connectivity index (χ4v) is 1.72. The highest BCUT2D eigenvalue weighted by Gasteiger charge is 2.05. The summed E-state index contributed by atoms with van der Waals surface area (Å²) in [5, 5.41) is 0. The van der Waals surface area contributed by atoms with Gasteiger partial charge in [0, 0.05) is 0 Å². The average molecular weight is 227 g/mol. The third-order valence-electron chi connectivity index (χ3n) is 2.48. The minimum atomic E-state index is 0.139. The molecule has 0 saturated carbocycles. The van der Waals surface area contributed by atoms with Gasteiger partial charge in [0.25, 0.3) is 0 Å².